The SMILES string of the molecule is CNC(C)c1sc(N(C)Cc2cccs2)nc1C. The van der Waals surface area contributed by atoms with E-state index in [1.54, 1.807) is 22.7 Å². The van der Waals surface area contributed by atoms with Crippen molar-refractivity contribution in [2.75, 3.05) is 19.0 Å². The van der Waals surface area contributed by atoms with Crippen molar-refractivity contribution in [3.8, 4) is 0 Å². The molecule has 0 saturated heterocycles. The van der Waals surface area contributed by atoms with Crippen molar-refractivity contribution in [1.82, 2.24) is 10.3 Å². The average Bonchev–Trinajstić information content (AvgIpc) is 2.97. The molecule has 0 amide bonds. The highest BCUT2D eigenvalue weighted by molar-refractivity contribution is 7.15. The third-order valence-electron chi connectivity index (χ3n) is 2.95. The quantitative estimate of drug-likeness (QED) is 0.910. The molecule has 2 rings (SSSR count). The minimum absolute atomic E-state index is 0.367. The summed E-state index contributed by atoms with van der Waals surface area (Å²) in [5.41, 5.74) is 1.13. The van der Waals surface area contributed by atoms with Crippen molar-refractivity contribution >= 4 is 27.8 Å². The Bertz CT molecular complexity index is 490. The van der Waals surface area contributed by atoms with Gasteiger partial charge in [0.15, 0.2) is 5.13 Å². The molecule has 0 aliphatic heterocycles. The van der Waals surface area contributed by atoms with Crippen LogP contribution >= 0.6 is 22.7 Å². The van der Waals surface area contributed by atoms with E-state index in [0.717, 1.165) is 17.4 Å². The lowest BCUT2D eigenvalue weighted by Crippen LogP contribution is -2.15. The fourth-order valence-electron chi connectivity index (χ4n) is 1.79. The molecule has 5 heteroatoms. The van der Waals surface area contributed by atoms with Crippen molar-refractivity contribution in [2.45, 2.75) is 26.4 Å². The first-order chi connectivity index (χ1) is 8.61. The number of rotatable bonds is 5. The minimum atomic E-state index is 0.367. The minimum Gasteiger partial charge on any atom is -0.346 e. The van der Waals surface area contributed by atoms with Gasteiger partial charge in [0, 0.05) is 22.8 Å². The average molecular weight is 281 g/mol. The zero-order valence-corrected chi connectivity index (χ0v) is 12.9. The molecule has 1 N–H and O–H groups in total. The van der Waals surface area contributed by atoms with Crippen LogP contribution in [0.3, 0.4) is 0 Å². The van der Waals surface area contributed by atoms with Crippen LogP contribution in [0.2, 0.25) is 0 Å². The topological polar surface area (TPSA) is 28.2 Å². The molecule has 0 saturated carbocycles. The first kappa shape index (κ1) is 13.5. The van der Waals surface area contributed by atoms with Crippen LogP contribution in [0.25, 0.3) is 0 Å². The summed E-state index contributed by atoms with van der Waals surface area (Å²) in [5, 5.41) is 6.49. The molecule has 2 aromatic rings. The Morgan fingerprint density at radius 1 is 1.50 bits per heavy atom. The molecule has 0 fully saturated rings. The van der Waals surface area contributed by atoms with Gasteiger partial charge < -0.3 is 10.2 Å². The van der Waals surface area contributed by atoms with Crippen LogP contribution in [0.4, 0.5) is 5.13 Å². The van der Waals surface area contributed by atoms with Crippen molar-refractivity contribution in [1.29, 1.82) is 0 Å². The number of aromatic nitrogens is 1. The monoisotopic (exact) mass is 281 g/mol. The van der Waals surface area contributed by atoms with Crippen LogP contribution < -0.4 is 10.2 Å². The van der Waals surface area contributed by atoms with E-state index in [0.29, 0.717) is 6.04 Å². The summed E-state index contributed by atoms with van der Waals surface area (Å²) in [7, 11) is 4.09. The summed E-state index contributed by atoms with van der Waals surface area (Å²) in [6.45, 7) is 5.18. The molecule has 0 aliphatic rings. The maximum absolute atomic E-state index is 4.67. The third kappa shape index (κ3) is 2.91. The largest absolute Gasteiger partial charge is 0.346 e. The summed E-state index contributed by atoms with van der Waals surface area (Å²) in [5.74, 6) is 0. The van der Waals surface area contributed by atoms with Gasteiger partial charge >= 0.3 is 0 Å². The maximum Gasteiger partial charge on any atom is 0.185 e. The second-order valence-electron chi connectivity index (χ2n) is 4.39. The van der Waals surface area contributed by atoms with Crippen molar-refractivity contribution in [3.05, 3.63) is 33.0 Å². The van der Waals surface area contributed by atoms with Gasteiger partial charge in [0.1, 0.15) is 0 Å². The first-order valence-electron chi connectivity index (χ1n) is 6.00. The van der Waals surface area contributed by atoms with Gasteiger partial charge in [0.2, 0.25) is 0 Å². The summed E-state index contributed by atoms with van der Waals surface area (Å²) >= 11 is 3.57. The Balaban J connectivity index is 2.13. The van der Waals surface area contributed by atoms with Crippen LogP contribution in [0.1, 0.15) is 28.4 Å². The number of thiophene rings is 1. The zero-order chi connectivity index (χ0) is 13.1. The van der Waals surface area contributed by atoms with Gasteiger partial charge in [0.25, 0.3) is 0 Å². The van der Waals surface area contributed by atoms with Crippen LogP contribution in [-0.2, 0) is 6.54 Å². The van der Waals surface area contributed by atoms with E-state index in [4.69, 9.17) is 0 Å². The predicted octanol–water partition coefficient (Wildman–Crippen LogP) is 3.43. The van der Waals surface area contributed by atoms with E-state index in [1.807, 2.05) is 7.05 Å². The highest BCUT2D eigenvalue weighted by atomic mass is 32.1. The maximum atomic E-state index is 4.67. The molecule has 18 heavy (non-hydrogen) atoms. The Hall–Kier alpha value is -0.910. The van der Waals surface area contributed by atoms with Crippen molar-refractivity contribution in [2.24, 2.45) is 0 Å². The Labute approximate surface area is 116 Å². The Morgan fingerprint density at radius 3 is 2.89 bits per heavy atom. The molecule has 0 bridgehead atoms. The van der Waals surface area contributed by atoms with Gasteiger partial charge in [0.05, 0.1) is 12.2 Å². The molecule has 0 aromatic carbocycles. The molecule has 0 aliphatic carbocycles. The number of nitrogens with zero attached hydrogens (tertiary/aromatic N) is 2. The predicted molar refractivity (Wildman–Crippen MR) is 80.8 cm³/mol. The Morgan fingerprint density at radius 2 is 2.28 bits per heavy atom. The molecular weight excluding hydrogens is 262 g/mol. The summed E-state index contributed by atoms with van der Waals surface area (Å²) in [4.78, 5) is 9.58. The first-order valence-corrected chi connectivity index (χ1v) is 7.69. The van der Waals surface area contributed by atoms with Crippen LogP contribution in [0.15, 0.2) is 17.5 Å². The lowest BCUT2D eigenvalue weighted by atomic mass is 10.2. The molecule has 3 nitrogen and oxygen atoms in total. The fraction of sp³-hybridized carbons (Fsp3) is 0.462. The van der Waals surface area contributed by atoms with Gasteiger partial charge in [-0.3, -0.25) is 0 Å². The van der Waals surface area contributed by atoms with E-state index in [1.165, 1.54) is 9.75 Å². The zero-order valence-electron chi connectivity index (χ0n) is 11.2. The van der Waals surface area contributed by atoms with Gasteiger partial charge in [-0.2, -0.15) is 0 Å². The second kappa shape index (κ2) is 5.82. The standard InChI is InChI=1S/C13H19N3S2/c1-9(14-3)12-10(2)15-13(18-12)16(4)8-11-6-5-7-17-11/h5-7,9,14H,8H2,1-4H3. The number of hydrogen-bond acceptors (Lipinski definition) is 5. The molecule has 98 valence electrons. The molecule has 0 radical (unpaired) electrons. The number of thiazole rings is 1. The number of aryl methyl sites for hydroxylation is 1. The van der Waals surface area contributed by atoms with E-state index in [2.05, 4.69) is 53.6 Å². The smallest absolute Gasteiger partial charge is 0.185 e. The fourth-order valence-corrected chi connectivity index (χ4v) is 3.64. The second-order valence-corrected chi connectivity index (χ2v) is 6.43. The highest BCUT2D eigenvalue weighted by Gasteiger charge is 2.15. The highest BCUT2D eigenvalue weighted by Crippen LogP contribution is 2.30. The molecular formula is C13H19N3S2. The van der Waals surface area contributed by atoms with E-state index in [-0.39, 0.29) is 0 Å². The normalized spacial score (nSPS) is 12.7. The van der Waals surface area contributed by atoms with Crippen LogP contribution in [0, 0.1) is 6.92 Å². The van der Waals surface area contributed by atoms with Gasteiger partial charge in [-0.1, -0.05) is 6.07 Å². The Kier molecular flexibility index (Phi) is 4.37. The van der Waals surface area contributed by atoms with Crippen molar-refractivity contribution < 1.29 is 0 Å². The van der Waals surface area contributed by atoms with Crippen LogP contribution in [0.5, 0.6) is 0 Å². The van der Waals surface area contributed by atoms with Crippen LogP contribution in [-0.4, -0.2) is 19.1 Å². The van der Waals surface area contributed by atoms with E-state index < -0.39 is 0 Å². The summed E-state index contributed by atoms with van der Waals surface area (Å²) in [6, 6.07) is 4.63. The van der Waals surface area contributed by atoms with Gasteiger partial charge in [-0.05, 0) is 32.3 Å². The van der Waals surface area contributed by atoms with E-state index in [9.17, 15) is 0 Å². The summed E-state index contributed by atoms with van der Waals surface area (Å²) in [6.07, 6.45) is 0. The number of hydrogen-bond donors (Lipinski definition) is 1. The third-order valence-corrected chi connectivity index (χ3v) is 5.26. The number of anilines is 1. The molecule has 1 unspecified atom stereocenters. The van der Waals surface area contributed by atoms with Gasteiger partial charge in [-0.15, -0.1) is 22.7 Å². The lowest BCUT2D eigenvalue weighted by Gasteiger charge is -2.14. The van der Waals surface area contributed by atoms with Crippen molar-refractivity contribution in [3.63, 3.8) is 0 Å². The summed E-state index contributed by atoms with van der Waals surface area (Å²) < 4.78 is 0. The van der Waals surface area contributed by atoms with E-state index >= 15 is 0 Å². The molecule has 2 aromatic heterocycles. The lowest BCUT2D eigenvalue weighted by molar-refractivity contribution is 0.658. The molecule has 0 spiro atoms. The molecule has 1 atom stereocenters. The molecule has 2 heterocycles. The number of nitrogens with one attached hydrogen (secondary N) is 1. The van der Waals surface area contributed by atoms with Gasteiger partial charge in [-0.25, -0.2) is 4.98 Å².